The lowest BCUT2D eigenvalue weighted by Crippen LogP contribution is -2.29. The van der Waals surface area contributed by atoms with Gasteiger partial charge in [0.2, 0.25) is 0 Å². The van der Waals surface area contributed by atoms with E-state index in [-0.39, 0.29) is 0 Å². The third-order valence-electron chi connectivity index (χ3n) is 3.33. The predicted molar refractivity (Wildman–Crippen MR) is 97.3 cm³/mol. The quantitative estimate of drug-likeness (QED) is 0.380. The monoisotopic (exact) mass is 328 g/mol. The van der Waals surface area contributed by atoms with Crippen LogP contribution in [0.5, 0.6) is 0 Å². The Balaban J connectivity index is 1.85. The maximum absolute atomic E-state index is 5.02. The second kappa shape index (κ2) is 6.37. The van der Waals surface area contributed by atoms with E-state index < -0.39 is 0 Å². The molecule has 0 saturated carbocycles. The molecule has 0 aliphatic carbocycles. The van der Waals surface area contributed by atoms with E-state index in [4.69, 9.17) is 12.2 Å². The number of hydrazone groups is 1. The van der Waals surface area contributed by atoms with Crippen LogP contribution < -0.4 is 16.1 Å². The number of hydrogen-bond donors (Lipinski definition) is 3. The van der Waals surface area contributed by atoms with Crippen molar-refractivity contribution in [2.45, 2.75) is 16.7 Å². The fourth-order valence-electron chi connectivity index (χ4n) is 2.12. The first-order valence-corrected chi connectivity index (χ1v) is 8.10. The molecule has 3 rings (SSSR count). The summed E-state index contributed by atoms with van der Waals surface area (Å²) in [6.07, 6.45) is 0. The van der Waals surface area contributed by atoms with Crippen molar-refractivity contribution in [3.63, 3.8) is 0 Å². The van der Waals surface area contributed by atoms with Crippen molar-refractivity contribution in [2.24, 2.45) is 5.10 Å². The van der Waals surface area contributed by atoms with E-state index in [1.165, 1.54) is 9.79 Å². The molecular weight excluding hydrogens is 312 g/mol. The third kappa shape index (κ3) is 3.08. The summed E-state index contributed by atoms with van der Waals surface area (Å²) in [5.41, 5.74) is 6.99. The third-order valence-corrected chi connectivity index (χ3v) is 4.77. The fraction of sp³-hybridized carbons (Fsp3) is 0.125. The van der Waals surface area contributed by atoms with E-state index in [9.17, 15) is 0 Å². The van der Waals surface area contributed by atoms with Crippen molar-refractivity contribution in [3.05, 3.63) is 48.0 Å². The second-order valence-electron chi connectivity index (χ2n) is 4.82. The van der Waals surface area contributed by atoms with Gasteiger partial charge in [-0.25, -0.2) is 0 Å². The number of fused-ring (bicyclic) bond motifs is 2. The summed E-state index contributed by atoms with van der Waals surface area (Å²) in [6.45, 7) is 1.96. The molecule has 1 heterocycles. The van der Waals surface area contributed by atoms with Gasteiger partial charge >= 0.3 is 0 Å². The van der Waals surface area contributed by atoms with Gasteiger partial charge in [-0.1, -0.05) is 30.0 Å². The van der Waals surface area contributed by atoms with E-state index >= 15 is 0 Å². The average Bonchev–Trinajstić information content (AvgIpc) is 2.56. The Morgan fingerprint density at radius 1 is 1.14 bits per heavy atom. The minimum atomic E-state index is 0.500. The van der Waals surface area contributed by atoms with Gasteiger partial charge in [0.25, 0.3) is 0 Å². The van der Waals surface area contributed by atoms with E-state index in [2.05, 4.69) is 57.6 Å². The van der Waals surface area contributed by atoms with Crippen LogP contribution >= 0.6 is 24.0 Å². The van der Waals surface area contributed by atoms with Crippen LogP contribution in [0.4, 0.5) is 11.4 Å². The van der Waals surface area contributed by atoms with Crippen LogP contribution in [0.1, 0.15) is 12.5 Å². The molecule has 0 amide bonds. The number of rotatable bonds is 2. The lowest BCUT2D eigenvalue weighted by molar-refractivity contribution is 0.974. The molecule has 6 heteroatoms. The Kier molecular flexibility index (Phi) is 4.31. The zero-order valence-electron chi connectivity index (χ0n) is 12.3. The fourth-order valence-corrected chi connectivity index (χ4v) is 3.13. The zero-order valence-corrected chi connectivity index (χ0v) is 13.9. The molecule has 0 atom stereocenters. The number of nitrogens with one attached hydrogen (secondary N) is 3. The maximum atomic E-state index is 5.02. The number of benzene rings is 2. The minimum absolute atomic E-state index is 0.500. The number of anilines is 2. The van der Waals surface area contributed by atoms with Gasteiger partial charge in [0, 0.05) is 16.8 Å². The standard InChI is InChI=1S/C16H16N4S2/c1-10(19-20-16(21)17-2)11-7-8-15-13(9-11)18-12-5-3-4-6-14(12)22-15/h3-9,18H,1-2H3,(H2,17,20,21)/b19-10+. The Morgan fingerprint density at radius 3 is 2.73 bits per heavy atom. The number of thiocarbonyl (C=S) groups is 1. The molecule has 0 fully saturated rings. The molecule has 0 saturated heterocycles. The first kappa shape index (κ1) is 14.9. The SMILES string of the molecule is CNC(=S)N/N=C(\C)c1ccc2c(c1)Nc1ccccc1S2. The zero-order chi connectivity index (χ0) is 15.5. The normalized spacial score (nSPS) is 12.7. The molecule has 112 valence electrons. The van der Waals surface area contributed by atoms with Crippen molar-refractivity contribution in [1.82, 2.24) is 10.7 Å². The van der Waals surface area contributed by atoms with Gasteiger partial charge in [-0.15, -0.1) is 0 Å². The van der Waals surface area contributed by atoms with Gasteiger partial charge < -0.3 is 10.6 Å². The van der Waals surface area contributed by atoms with Gasteiger partial charge in [0.05, 0.1) is 17.1 Å². The smallest absolute Gasteiger partial charge is 0.186 e. The Hall–Kier alpha value is -2.05. The van der Waals surface area contributed by atoms with Gasteiger partial charge in [0.1, 0.15) is 0 Å². The summed E-state index contributed by atoms with van der Waals surface area (Å²) in [6, 6.07) is 14.6. The highest BCUT2D eigenvalue weighted by Crippen LogP contribution is 2.44. The summed E-state index contributed by atoms with van der Waals surface area (Å²) in [7, 11) is 1.76. The van der Waals surface area contributed by atoms with Crippen molar-refractivity contribution in [3.8, 4) is 0 Å². The lowest BCUT2D eigenvalue weighted by Gasteiger charge is -2.21. The molecule has 1 aliphatic rings. The van der Waals surface area contributed by atoms with Crippen LogP contribution in [0.15, 0.2) is 57.4 Å². The summed E-state index contributed by atoms with van der Waals surface area (Å²) >= 11 is 6.80. The summed E-state index contributed by atoms with van der Waals surface area (Å²) in [5, 5.41) is 11.1. The van der Waals surface area contributed by atoms with Gasteiger partial charge in [-0.05, 0) is 49.0 Å². The van der Waals surface area contributed by atoms with Crippen LogP contribution in [-0.4, -0.2) is 17.9 Å². The molecule has 0 unspecified atom stereocenters. The molecule has 0 radical (unpaired) electrons. The molecule has 2 aromatic carbocycles. The number of para-hydroxylation sites is 1. The topological polar surface area (TPSA) is 48.5 Å². The Morgan fingerprint density at radius 2 is 1.91 bits per heavy atom. The van der Waals surface area contributed by atoms with E-state index in [0.29, 0.717) is 5.11 Å². The minimum Gasteiger partial charge on any atom is -0.364 e. The largest absolute Gasteiger partial charge is 0.364 e. The van der Waals surface area contributed by atoms with Crippen LogP contribution in [-0.2, 0) is 0 Å². The van der Waals surface area contributed by atoms with Crippen LogP contribution in [0.2, 0.25) is 0 Å². The molecule has 0 aromatic heterocycles. The summed E-state index contributed by atoms with van der Waals surface area (Å²) in [4.78, 5) is 2.46. The first-order chi connectivity index (χ1) is 10.7. The van der Waals surface area contributed by atoms with Crippen molar-refractivity contribution >= 4 is 46.2 Å². The number of nitrogens with zero attached hydrogens (tertiary/aromatic N) is 1. The molecule has 0 spiro atoms. The van der Waals surface area contributed by atoms with Crippen LogP contribution in [0.25, 0.3) is 0 Å². The van der Waals surface area contributed by atoms with Crippen LogP contribution in [0.3, 0.4) is 0 Å². The van der Waals surface area contributed by atoms with Crippen molar-refractivity contribution in [1.29, 1.82) is 0 Å². The van der Waals surface area contributed by atoms with Crippen molar-refractivity contribution in [2.75, 3.05) is 12.4 Å². The molecular formula is C16H16N4S2. The van der Waals surface area contributed by atoms with Gasteiger partial charge in [-0.2, -0.15) is 5.10 Å². The number of hydrogen-bond acceptors (Lipinski definition) is 4. The molecule has 0 bridgehead atoms. The highest BCUT2D eigenvalue weighted by molar-refractivity contribution is 7.99. The molecule has 3 N–H and O–H groups in total. The second-order valence-corrected chi connectivity index (χ2v) is 6.31. The predicted octanol–water partition coefficient (Wildman–Crippen LogP) is 3.71. The highest BCUT2D eigenvalue weighted by Gasteiger charge is 2.15. The van der Waals surface area contributed by atoms with Crippen molar-refractivity contribution < 1.29 is 0 Å². The Bertz CT molecular complexity index is 756. The van der Waals surface area contributed by atoms with Gasteiger partial charge in [0.15, 0.2) is 5.11 Å². The molecule has 2 aromatic rings. The van der Waals surface area contributed by atoms with E-state index in [1.807, 2.05) is 13.0 Å². The van der Waals surface area contributed by atoms with Crippen LogP contribution in [0, 0.1) is 0 Å². The Labute approximate surface area is 139 Å². The molecule has 22 heavy (non-hydrogen) atoms. The molecule has 1 aliphatic heterocycles. The van der Waals surface area contributed by atoms with Gasteiger partial charge in [-0.3, -0.25) is 5.43 Å². The first-order valence-electron chi connectivity index (χ1n) is 6.87. The highest BCUT2D eigenvalue weighted by atomic mass is 32.2. The van der Waals surface area contributed by atoms with E-state index in [0.717, 1.165) is 22.6 Å². The van der Waals surface area contributed by atoms with E-state index in [1.54, 1.807) is 18.8 Å². The average molecular weight is 328 g/mol. The lowest BCUT2D eigenvalue weighted by atomic mass is 10.1. The summed E-state index contributed by atoms with van der Waals surface area (Å²) < 4.78 is 0. The molecule has 4 nitrogen and oxygen atoms in total. The summed E-state index contributed by atoms with van der Waals surface area (Å²) in [5.74, 6) is 0. The maximum Gasteiger partial charge on any atom is 0.186 e.